The van der Waals surface area contributed by atoms with Gasteiger partial charge in [-0.15, -0.1) is 0 Å². The number of hydrogen-bond donors (Lipinski definition) is 1. The summed E-state index contributed by atoms with van der Waals surface area (Å²) in [7, 11) is -3.41. The molecule has 2 aromatic carbocycles. The quantitative estimate of drug-likeness (QED) is 0.796. The van der Waals surface area contributed by atoms with E-state index in [4.69, 9.17) is 5.26 Å². The normalized spacial score (nSPS) is 19.5. The van der Waals surface area contributed by atoms with Crippen LogP contribution in [0.15, 0.2) is 48.5 Å². The molecular weight excluding hydrogens is 398 g/mol. The average Bonchev–Trinajstić information content (AvgIpc) is 2.74. The Labute approximate surface area is 178 Å². The van der Waals surface area contributed by atoms with Crippen molar-refractivity contribution >= 4 is 15.9 Å². The first-order valence-electron chi connectivity index (χ1n) is 10.1. The fourth-order valence-electron chi connectivity index (χ4n) is 3.72. The summed E-state index contributed by atoms with van der Waals surface area (Å²) >= 11 is 0. The largest absolute Gasteiger partial charge is 0.342 e. The molecule has 30 heavy (non-hydrogen) atoms. The van der Waals surface area contributed by atoms with E-state index in [1.807, 2.05) is 36.4 Å². The van der Waals surface area contributed by atoms with Crippen LogP contribution in [-0.4, -0.2) is 43.6 Å². The van der Waals surface area contributed by atoms with Crippen LogP contribution in [0.1, 0.15) is 44.2 Å². The summed E-state index contributed by atoms with van der Waals surface area (Å²) in [5.41, 5.74) is 3.63. The predicted molar refractivity (Wildman–Crippen MR) is 117 cm³/mol. The number of sulfonamides is 1. The van der Waals surface area contributed by atoms with Crippen LogP contribution in [0, 0.1) is 11.3 Å². The SMILES string of the molecule is CC(=O)N1CC[C@H](NS(=O)(=O)C(C)C)[C@@H](c2ccc(-c3ccc(C#N)cc3)cc2)C1. The number of benzene rings is 2. The lowest BCUT2D eigenvalue weighted by Gasteiger charge is -2.39. The maximum absolute atomic E-state index is 12.5. The zero-order chi connectivity index (χ0) is 21.9. The van der Waals surface area contributed by atoms with Crippen LogP contribution in [0.2, 0.25) is 0 Å². The third kappa shape index (κ3) is 4.89. The van der Waals surface area contributed by atoms with Gasteiger partial charge >= 0.3 is 0 Å². The van der Waals surface area contributed by atoms with Gasteiger partial charge < -0.3 is 4.90 Å². The molecule has 1 aliphatic heterocycles. The molecule has 0 aromatic heterocycles. The van der Waals surface area contributed by atoms with E-state index in [1.54, 1.807) is 37.8 Å². The monoisotopic (exact) mass is 425 g/mol. The Morgan fingerprint density at radius 2 is 1.67 bits per heavy atom. The van der Waals surface area contributed by atoms with Crippen molar-refractivity contribution in [3.8, 4) is 17.2 Å². The second-order valence-corrected chi connectivity index (χ2v) is 10.3. The number of piperidine rings is 1. The van der Waals surface area contributed by atoms with Gasteiger partial charge in [-0.25, -0.2) is 13.1 Å². The number of nitrogens with zero attached hydrogens (tertiary/aromatic N) is 2. The Bertz CT molecular complexity index is 1040. The maximum Gasteiger partial charge on any atom is 0.219 e. The van der Waals surface area contributed by atoms with E-state index in [1.165, 1.54) is 0 Å². The minimum absolute atomic E-state index is 0.000584. The molecule has 1 saturated heterocycles. The van der Waals surface area contributed by atoms with Gasteiger partial charge in [0.05, 0.1) is 16.9 Å². The number of amides is 1. The molecule has 1 amide bonds. The highest BCUT2D eigenvalue weighted by molar-refractivity contribution is 7.90. The smallest absolute Gasteiger partial charge is 0.219 e. The Morgan fingerprint density at radius 1 is 1.10 bits per heavy atom. The number of likely N-dealkylation sites (tertiary alicyclic amines) is 1. The van der Waals surface area contributed by atoms with Crippen LogP contribution in [-0.2, 0) is 14.8 Å². The Balaban J connectivity index is 1.87. The van der Waals surface area contributed by atoms with E-state index in [0.29, 0.717) is 25.1 Å². The van der Waals surface area contributed by atoms with Gasteiger partial charge in [-0.3, -0.25) is 4.79 Å². The van der Waals surface area contributed by atoms with Crippen LogP contribution >= 0.6 is 0 Å². The summed E-state index contributed by atoms with van der Waals surface area (Å²) in [6.45, 7) is 5.89. The molecule has 1 fully saturated rings. The Kier molecular flexibility index (Phi) is 6.59. The molecule has 0 bridgehead atoms. The fourth-order valence-corrected chi connectivity index (χ4v) is 4.70. The second-order valence-electron chi connectivity index (χ2n) is 7.99. The van der Waals surface area contributed by atoms with Gasteiger partial charge in [0.15, 0.2) is 0 Å². The summed E-state index contributed by atoms with van der Waals surface area (Å²) in [6.07, 6.45) is 0.577. The number of rotatable bonds is 5. The molecule has 3 rings (SSSR count). The van der Waals surface area contributed by atoms with Gasteiger partial charge in [0.1, 0.15) is 0 Å². The van der Waals surface area contributed by atoms with Crippen molar-refractivity contribution in [2.45, 2.75) is 44.4 Å². The Morgan fingerprint density at radius 3 is 2.17 bits per heavy atom. The molecule has 1 N–H and O–H groups in total. The van der Waals surface area contributed by atoms with E-state index in [9.17, 15) is 13.2 Å². The highest BCUT2D eigenvalue weighted by Gasteiger charge is 2.34. The van der Waals surface area contributed by atoms with Gasteiger partial charge in [-0.2, -0.15) is 5.26 Å². The molecule has 1 aliphatic rings. The number of hydrogen-bond acceptors (Lipinski definition) is 4. The standard InChI is InChI=1S/C23H27N3O3S/c1-16(2)30(28,29)25-23-12-13-26(17(3)27)15-22(23)21-10-8-20(9-11-21)19-6-4-18(14-24)5-7-19/h4-11,16,22-23,25H,12-13,15H2,1-3H3/t22-,23+/m1/s1. The van der Waals surface area contributed by atoms with Gasteiger partial charge in [-0.1, -0.05) is 36.4 Å². The second kappa shape index (κ2) is 8.99. The molecule has 2 aromatic rings. The molecule has 0 saturated carbocycles. The summed E-state index contributed by atoms with van der Waals surface area (Å²) in [4.78, 5) is 13.7. The van der Waals surface area contributed by atoms with Crippen LogP contribution in [0.5, 0.6) is 0 Å². The molecule has 2 atom stereocenters. The molecule has 0 radical (unpaired) electrons. The minimum Gasteiger partial charge on any atom is -0.342 e. The highest BCUT2D eigenvalue weighted by Crippen LogP contribution is 2.30. The molecule has 0 spiro atoms. The van der Waals surface area contributed by atoms with Gasteiger partial charge in [0.25, 0.3) is 0 Å². The average molecular weight is 426 g/mol. The molecule has 0 aliphatic carbocycles. The van der Waals surface area contributed by atoms with E-state index < -0.39 is 15.3 Å². The first kappa shape index (κ1) is 22.0. The topological polar surface area (TPSA) is 90.3 Å². The zero-order valence-corrected chi connectivity index (χ0v) is 18.3. The van der Waals surface area contributed by atoms with Gasteiger partial charge in [-0.05, 0) is 49.1 Å². The van der Waals surface area contributed by atoms with Gasteiger partial charge in [0, 0.05) is 32.0 Å². The molecule has 1 heterocycles. The van der Waals surface area contributed by atoms with Crippen LogP contribution in [0.4, 0.5) is 0 Å². The Hall–Kier alpha value is -2.69. The van der Waals surface area contributed by atoms with Crippen molar-refractivity contribution in [3.63, 3.8) is 0 Å². The van der Waals surface area contributed by atoms with E-state index in [2.05, 4.69) is 10.8 Å². The summed E-state index contributed by atoms with van der Waals surface area (Å²) < 4.78 is 27.8. The minimum atomic E-state index is -3.41. The predicted octanol–water partition coefficient (Wildman–Crippen LogP) is 3.26. The van der Waals surface area contributed by atoms with E-state index >= 15 is 0 Å². The molecule has 7 heteroatoms. The van der Waals surface area contributed by atoms with Crippen molar-refractivity contribution in [1.82, 2.24) is 9.62 Å². The molecule has 6 nitrogen and oxygen atoms in total. The number of nitriles is 1. The van der Waals surface area contributed by atoms with Crippen molar-refractivity contribution < 1.29 is 13.2 Å². The van der Waals surface area contributed by atoms with Gasteiger partial charge in [0.2, 0.25) is 15.9 Å². The first-order chi connectivity index (χ1) is 14.2. The lowest BCUT2D eigenvalue weighted by atomic mass is 9.86. The highest BCUT2D eigenvalue weighted by atomic mass is 32.2. The third-order valence-electron chi connectivity index (χ3n) is 5.68. The fraction of sp³-hybridized carbons (Fsp3) is 0.391. The van der Waals surface area contributed by atoms with Crippen LogP contribution in [0.25, 0.3) is 11.1 Å². The lowest BCUT2D eigenvalue weighted by molar-refractivity contribution is -0.130. The summed E-state index contributed by atoms with van der Waals surface area (Å²) in [5, 5.41) is 8.44. The number of nitrogens with one attached hydrogen (secondary N) is 1. The summed E-state index contributed by atoms with van der Waals surface area (Å²) in [6, 6.07) is 17.2. The zero-order valence-electron chi connectivity index (χ0n) is 17.5. The van der Waals surface area contributed by atoms with E-state index in [-0.39, 0.29) is 17.9 Å². The third-order valence-corrected chi connectivity index (χ3v) is 7.55. The van der Waals surface area contributed by atoms with Crippen LogP contribution < -0.4 is 4.72 Å². The first-order valence-corrected chi connectivity index (χ1v) is 11.6. The lowest BCUT2D eigenvalue weighted by Crippen LogP contribution is -2.51. The van der Waals surface area contributed by atoms with Crippen molar-refractivity contribution in [3.05, 3.63) is 59.7 Å². The van der Waals surface area contributed by atoms with Crippen molar-refractivity contribution in [2.75, 3.05) is 13.1 Å². The number of carbonyl (C=O) groups is 1. The van der Waals surface area contributed by atoms with Crippen LogP contribution in [0.3, 0.4) is 0 Å². The molecule has 158 valence electrons. The molecule has 0 unspecified atom stereocenters. The molecular formula is C23H27N3O3S. The maximum atomic E-state index is 12.5. The van der Waals surface area contributed by atoms with E-state index in [0.717, 1.165) is 16.7 Å². The van der Waals surface area contributed by atoms with Crippen molar-refractivity contribution in [1.29, 1.82) is 5.26 Å². The summed E-state index contributed by atoms with van der Waals surface area (Å²) in [5.74, 6) is -0.120. The van der Waals surface area contributed by atoms with Crippen molar-refractivity contribution in [2.24, 2.45) is 0 Å². The number of carbonyl (C=O) groups excluding carboxylic acids is 1.